The molecule has 0 unspecified atom stereocenters. The highest BCUT2D eigenvalue weighted by Crippen LogP contribution is 2.24. The lowest BCUT2D eigenvalue weighted by atomic mass is 10.1. The SMILES string of the molecule is Cc1noc(C)c1C(=O)N1CCCN1C(=O)CN1C(=O)c2ccccc2C1=O. The van der Waals surface area contributed by atoms with Crippen LogP contribution in [0.2, 0.25) is 0 Å². The third-order valence-corrected chi connectivity index (χ3v) is 4.97. The molecule has 0 aliphatic carbocycles. The summed E-state index contributed by atoms with van der Waals surface area (Å²) in [5, 5.41) is 6.40. The molecular weight excluding hydrogens is 364 g/mol. The van der Waals surface area contributed by atoms with Gasteiger partial charge in [-0.3, -0.25) is 24.1 Å². The molecule has 1 saturated heterocycles. The zero-order valence-electron chi connectivity index (χ0n) is 15.5. The third kappa shape index (κ3) is 2.67. The second-order valence-electron chi connectivity index (χ2n) is 6.74. The summed E-state index contributed by atoms with van der Waals surface area (Å²) >= 11 is 0. The van der Waals surface area contributed by atoms with E-state index in [9.17, 15) is 19.2 Å². The molecular formula is C19H18N4O5. The van der Waals surface area contributed by atoms with Gasteiger partial charge in [0.25, 0.3) is 23.6 Å². The fourth-order valence-electron chi connectivity index (χ4n) is 3.60. The minimum Gasteiger partial charge on any atom is -0.361 e. The lowest BCUT2D eigenvalue weighted by Gasteiger charge is -2.29. The number of rotatable bonds is 3. The average molecular weight is 382 g/mol. The summed E-state index contributed by atoms with van der Waals surface area (Å²) in [6, 6.07) is 6.45. The Kier molecular flexibility index (Phi) is 4.21. The van der Waals surface area contributed by atoms with Crippen molar-refractivity contribution in [3.63, 3.8) is 0 Å². The molecule has 1 aromatic heterocycles. The number of imide groups is 1. The van der Waals surface area contributed by atoms with Gasteiger partial charge in [0.05, 0.1) is 16.8 Å². The number of aryl methyl sites for hydroxylation is 2. The minimum atomic E-state index is -0.503. The molecule has 0 radical (unpaired) electrons. The number of nitrogens with zero attached hydrogens (tertiary/aromatic N) is 4. The van der Waals surface area contributed by atoms with Gasteiger partial charge in [0.2, 0.25) is 0 Å². The highest BCUT2D eigenvalue weighted by molar-refractivity contribution is 6.22. The maximum absolute atomic E-state index is 12.9. The van der Waals surface area contributed by atoms with Crippen LogP contribution in [0.1, 0.15) is 48.9 Å². The van der Waals surface area contributed by atoms with E-state index in [1.54, 1.807) is 38.1 Å². The summed E-state index contributed by atoms with van der Waals surface area (Å²) in [6.45, 7) is 3.56. The highest BCUT2D eigenvalue weighted by atomic mass is 16.5. The topological polar surface area (TPSA) is 104 Å². The van der Waals surface area contributed by atoms with Crippen LogP contribution in [0.15, 0.2) is 28.8 Å². The van der Waals surface area contributed by atoms with Crippen LogP contribution in [-0.4, -0.2) is 63.3 Å². The van der Waals surface area contributed by atoms with Crippen LogP contribution in [0.4, 0.5) is 0 Å². The summed E-state index contributed by atoms with van der Waals surface area (Å²) in [6.07, 6.45) is 0.600. The van der Waals surface area contributed by atoms with Crippen molar-refractivity contribution < 1.29 is 23.7 Å². The first-order chi connectivity index (χ1) is 13.4. The van der Waals surface area contributed by atoms with Crippen molar-refractivity contribution in [3.05, 3.63) is 52.4 Å². The Hall–Kier alpha value is -3.49. The Morgan fingerprint density at radius 1 is 1.04 bits per heavy atom. The van der Waals surface area contributed by atoms with Crippen molar-refractivity contribution >= 4 is 23.6 Å². The maximum atomic E-state index is 12.9. The average Bonchev–Trinajstić information content (AvgIpc) is 3.36. The Morgan fingerprint density at radius 2 is 1.64 bits per heavy atom. The second kappa shape index (κ2) is 6.59. The first kappa shape index (κ1) is 17.9. The number of amides is 4. The molecule has 0 saturated carbocycles. The number of hydrogen-bond acceptors (Lipinski definition) is 6. The van der Waals surface area contributed by atoms with Gasteiger partial charge in [0.15, 0.2) is 0 Å². The van der Waals surface area contributed by atoms with E-state index >= 15 is 0 Å². The minimum absolute atomic E-state index is 0.283. The molecule has 3 heterocycles. The van der Waals surface area contributed by atoms with Crippen LogP contribution < -0.4 is 0 Å². The van der Waals surface area contributed by atoms with Gasteiger partial charge in [-0.15, -0.1) is 0 Å². The number of carbonyl (C=O) groups excluding carboxylic acids is 4. The molecule has 144 valence electrons. The third-order valence-electron chi connectivity index (χ3n) is 4.97. The quantitative estimate of drug-likeness (QED) is 0.739. The lowest BCUT2D eigenvalue weighted by Crippen LogP contribution is -2.49. The molecule has 1 aromatic carbocycles. The Bertz CT molecular complexity index is 957. The van der Waals surface area contributed by atoms with E-state index in [1.807, 2.05) is 0 Å². The van der Waals surface area contributed by atoms with Gasteiger partial charge in [-0.2, -0.15) is 0 Å². The molecule has 4 rings (SSSR count). The number of hydrazine groups is 1. The molecule has 2 aromatic rings. The molecule has 9 heteroatoms. The van der Waals surface area contributed by atoms with Crippen LogP contribution in [0.25, 0.3) is 0 Å². The Balaban J connectivity index is 1.53. The van der Waals surface area contributed by atoms with Crippen LogP contribution in [-0.2, 0) is 4.79 Å². The largest absolute Gasteiger partial charge is 0.361 e. The van der Waals surface area contributed by atoms with Gasteiger partial charge in [0, 0.05) is 13.1 Å². The maximum Gasteiger partial charge on any atom is 0.277 e. The molecule has 4 amide bonds. The standard InChI is InChI=1S/C19H18N4O5/c1-11-16(12(2)28-20-11)19(27)23-9-5-8-22(23)15(24)10-21-17(25)13-6-3-4-7-14(13)18(21)26/h3-4,6-7H,5,8-10H2,1-2H3. The van der Waals surface area contributed by atoms with Crippen LogP contribution >= 0.6 is 0 Å². The Labute approximate surface area is 160 Å². The van der Waals surface area contributed by atoms with E-state index in [-0.39, 0.29) is 17.0 Å². The highest BCUT2D eigenvalue weighted by Gasteiger charge is 2.40. The van der Waals surface area contributed by atoms with E-state index in [4.69, 9.17) is 4.52 Å². The number of hydrogen-bond donors (Lipinski definition) is 0. The van der Waals surface area contributed by atoms with Crippen molar-refractivity contribution in [2.45, 2.75) is 20.3 Å². The number of benzene rings is 1. The van der Waals surface area contributed by atoms with Crippen molar-refractivity contribution in [2.75, 3.05) is 19.6 Å². The van der Waals surface area contributed by atoms with Gasteiger partial charge in [-0.1, -0.05) is 17.3 Å². The fourth-order valence-corrected chi connectivity index (χ4v) is 3.60. The van der Waals surface area contributed by atoms with Crippen LogP contribution in [0, 0.1) is 13.8 Å². The van der Waals surface area contributed by atoms with E-state index < -0.39 is 24.3 Å². The summed E-state index contributed by atoms with van der Waals surface area (Å²) in [5.74, 6) is -1.51. The first-order valence-corrected chi connectivity index (χ1v) is 8.90. The predicted octanol–water partition coefficient (Wildman–Crippen LogP) is 1.18. The van der Waals surface area contributed by atoms with Gasteiger partial charge >= 0.3 is 0 Å². The van der Waals surface area contributed by atoms with E-state index in [0.29, 0.717) is 36.5 Å². The van der Waals surface area contributed by atoms with E-state index in [1.165, 1.54) is 10.0 Å². The van der Waals surface area contributed by atoms with Gasteiger partial charge in [-0.25, -0.2) is 10.0 Å². The zero-order chi connectivity index (χ0) is 20.0. The van der Waals surface area contributed by atoms with Gasteiger partial charge in [0.1, 0.15) is 17.9 Å². The molecule has 9 nitrogen and oxygen atoms in total. The van der Waals surface area contributed by atoms with Gasteiger partial charge in [-0.05, 0) is 32.4 Å². The monoisotopic (exact) mass is 382 g/mol. The van der Waals surface area contributed by atoms with Crippen molar-refractivity contribution in [1.29, 1.82) is 0 Å². The summed E-state index contributed by atoms with van der Waals surface area (Å²) in [4.78, 5) is 51.6. The first-order valence-electron chi connectivity index (χ1n) is 8.90. The lowest BCUT2D eigenvalue weighted by molar-refractivity contribution is -0.140. The Morgan fingerprint density at radius 3 is 2.21 bits per heavy atom. The molecule has 0 spiro atoms. The normalized spacial score (nSPS) is 16.1. The van der Waals surface area contributed by atoms with Crippen LogP contribution in [0.5, 0.6) is 0 Å². The molecule has 0 N–H and O–H groups in total. The molecule has 0 bridgehead atoms. The number of fused-ring (bicyclic) bond motifs is 1. The smallest absolute Gasteiger partial charge is 0.277 e. The summed E-state index contributed by atoms with van der Waals surface area (Å²) in [7, 11) is 0. The van der Waals surface area contributed by atoms with Crippen molar-refractivity contribution in [3.8, 4) is 0 Å². The number of aromatic nitrogens is 1. The molecule has 0 atom stereocenters. The fraction of sp³-hybridized carbons (Fsp3) is 0.316. The van der Waals surface area contributed by atoms with Crippen LogP contribution in [0.3, 0.4) is 0 Å². The van der Waals surface area contributed by atoms with Crippen molar-refractivity contribution in [2.24, 2.45) is 0 Å². The summed E-state index contributed by atoms with van der Waals surface area (Å²) in [5.41, 5.74) is 1.33. The van der Waals surface area contributed by atoms with E-state index in [0.717, 1.165) is 4.90 Å². The van der Waals surface area contributed by atoms with E-state index in [2.05, 4.69) is 5.16 Å². The predicted molar refractivity (Wildman–Crippen MR) is 95.2 cm³/mol. The molecule has 2 aliphatic heterocycles. The van der Waals surface area contributed by atoms with Gasteiger partial charge < -0.3 is 4.52 Å². The molecule has 2 aliphatic rings. The zero-order valence-corrected chi connectivity index (χ0v) is 15.5. The number of carbonyl (C=O) groups is 4. The summed E-state index contributed by atoms with van der Waals surface area (Å²) < 4.78 is 5.04. The molecule has 1 fully saturated rings. The second-order valence-corrected chi connectivity index (χ2v) is 6.74. The van der Waals surface area contributed by atoms with Crippen molar-refractivity contribution in [1.82, 2.24) is 20.1 Å². The molecule has 28 heavy (non-hydrogen) atoms.